The molecule has 0 saturated heterocycles. The summed E-state index contributed by atoms with van der Waals surface area (Å²) in [4.78, 5) is 35.0. The maximum absolute atomic E-state index is 12.4. The molecule has 4 rings (SSSR count). The van der Waals surface area contributed by atoms with Gasteiger partial charge in [-0.25, -0.2) is 14.8 Å². The number of anilines is 2. The van der Waals surface area contributed by atoms with Crippen molar-refractivity contribution in [2.45, 2.75) is 13.5 Å². The van der Waals surface area contributed by atoms with Crippen LogP contribution in [0.4, 0.5) is 10.8 Å². The number of carbonyl (C=O) groups is 2. The van der Waals surface area contributed by atoms with E-state index in [1.54, 1.807) is 40.9 Å². The summed E-state index contributed by atoms with van der Waals surface area (Å²) in [7, 11) is 3.36. The van der Waals surface area contributed by atoms with Crippen LogP contribution in [0.15, 0.2) is 47.4 Å². The van der Waals surface area contributed by atoms with E-state index in [4.69, 9.17) is 9.47 Å². The van der Waals surface area contributed by atoms with Crippen molar-refractivity contribution < 1.29 is 19.1 Å². The van der Waals surface area contributed by atoms with Gasteiger partial charge in [0.25, 0.3) is 0 Å². The average Bonchev–Trinajstić information content (AvgIpc) is 3.53. The number of hydrogen-bond acceptors (Lipinski definition) is 9. The van der Waals surface area contributed by atoms with Gasteiger partial charge in [-0.15, -0.1) is 22.7 Å². The number of aromatic nitrogens is 4. The normalized spacial score (nSPS) is 10.7. The fourth-order valence-corrected chi connectivity index (χ4v) is 4.56. The number of ether oxygens (including phenoxy) is 2. The van der Waals surface area contributed by atoms with Crippen LogP contribution in [0, 0.1) is 0 Å². The van der Waals surface area contributed by atoms with Crippen LogP contribution >= 0.6 is 22.7 Å². The third-order valence-corrected chi connectivity index (χ3v) is 6.15. The van der Waals surface area contributed by atoms with Crippen molar-refractivity contribution in [1.82, 2.24) is 19.7 Å². The van der Waals surface area contributed by atoms with Crippen molar-refractivity contribution in [2.24, 2.45) is 7.05 Å². The molecule has 0 N–H and O–H groups in total. The summed E-state index contributed by atoms with van der Waals surface area (Å²) in [6, 6.07) is 7.20. The van der Waals surface area contributed by atoms with Crippen LogP contribution < -0.4 is 9.64 Å². The van der Waals surface area contributed by atoms with Crippen molar-refractivity contribution in [2.75, 3.05) is 12.0 Å². The lowest BCUT2D eigenvalue weighted by atomic mass is 10.2. The number of rotatable bonds is 7. The van der Waals surface area contributed by atoms with E-state index in [2.05, 4.69) is 15.1 Å². The van der Waals surface area contributed by atoms with Gasteiger partial charge in [0.05, 0.1) is 24.7 Å². The molecule has 164 valence electrons. The lowest BCUT2D eigenvalue weighted by molar-refractivity contribution is -0.115. The first kappa shape index (κ1) is 21.7. The minimum absolute atomic E-state index is 0.0350. The van der Waals surface area contributed by atoms with Crippen molar-refractivity contribution >= 4 is 45.4 Å². The number of amides is 1. The van der Waals surface area contributed by atoms with E-state index in [1.165, 1.54) is 34.5 Å². The lowest BCUT2D eigenvalue weighted by Crippen LogP contribution is -2.23. The number of thiazole rings is 2. The minimum atomic E-state index is -0.543. The smallest absolute Gasteiger partial charge is 0.358 e. The Hall–Kier alpha value is -3.57. The summed E-state index contributed by atoms with van der Waals surface area (Å²) in [5.41, 5.74) is 2.18. The fraction of sp³-hybridized carbons (Fsp3) is 0.190. The van der Waals surface area contributed by atoms with E-state index in [0.717, 1.165) is 5.56 Å². The first-order valence-electron chi connectivity index (χ1n) is 9.46. The van der Waals surface area contributed by atoms with Crippen molar-refractivity contribution in [3.8, 4) is 16.3 Å². The lowest BCUT2D eigenvalue weighted by Gasteiger charge is -2.20. The van der Waals surface area contributed by atoms with Crippen molar-refractivity contribution in [1.29, 1.82) is 0 Å². The Morgan fingerprint density at radius 1 is 1.16 bits per heavy atom. The molecule has 1 amide bonds. The molecule has 0 atom stereocenters. The summed E-state index contributed by atoms with van der Waals surface area (Å²) in [5.74, 6) is -0.198. The van der Waals surface area contributed by atoms with Gasteiger partial charge < -0.3 is 9.47 Å². The number of nitrogens with zero attached hydrogens (tertiary/aromatic N) is 5. The van der Waals surface area contributed by atoms with Gasteiger partial charge in [0.2, 0.25) is 5.91 Å². The molecule has 0 bridgehead atoms. The Kier molecular flexibility index (Phi) is 6.28. The molecule has 0 aliphatic carbocycles. The third kappa shape index (κ3) is 4.53. The molecular weight excluding hydrogens is 450 g/mol. The third-order valence-electron chi connectivity index (χ3n) is 4.39. The monoisotopic (exact) mass is 469 g/mol. The van der Waals surface area contributed by atoms with Crippen molar-refractivity contribution in [3.05, 3.63) is 58.8 Å². The number of benzene rings is 1. The predicted octanol–water partition coefficient (Wildman–Crippen LogP) is 4.05. The van der Waals surface area contributed by atoms with Crippen molar-refractivity contribution in [3.63, 3.8) is 0 Å². The second kappa shape index (κ2) is 9.28. The predicted molar refractivity (Wildman–Crippen MR) is 121 cm³/mol. The topological polar surface area (TPSA) is 99.4 Å². The zero-order valence-corrected chi connectivity index (χ0v) is 19.1. The molecule has 0 saturated carbocycles. The van der Waals surface area contributed by atoms with Gasteiger partial charge in [-0.3, -0.25) is 14.4 Å². The van der Waals surface area contributed by atoms with E-state index in [-0.39, 0.29) is 18.2 Å². The minimum Gasteiger partial charge on any atom is -0.495 e. The summed E-state index contributed by atoms with van der Waals surface area (Å²) in [6.45, 7) is 1.42. The van der Waals surface area contributed by atoms with Gasteiger partial charge in [0, 0.05) is 36.5 Å². The van der Waals surface area contributed by atoms with E-state index >= 15 is 0 Å². The molecule has 0 aliphatic rings. The summed E-state index contributed by atoms with van der Waals surface area (Å²) in [6.07, 6.45) is 3.51. The molecule has 0 spiro atoms. The average molecular weight is 470 g/mol. The highest BCUT2D eigenvalue weighted by Gasteiger charge is 2.22. The highest BCUT2D eigenvalue weighted by atomic mass is 32.1. The van der Waals surface area contributed by atoms with E-state index in [1.807, 2.05) is 25.4 Å². The maximum Gasteiger partial charge on any atom is 0.358 e. The van der Waals surface area contributed by atoms with Crippen LogP contribution in [0.2, 0.25) is 0 Å². The number of carbonyl (C=O) groups excluding carboxylic acids is 2. The molecule has 3 aromatic heterocycles. The standard InChI is InChI=1S/C21H19N5O4S2/c1-13(27)26(17-6-4-5-7-18(17)29-3)21-23-15(11-32-21)10-30-20(28)16-12-31-19(24-16)14-8-22-25(2)9-14/h4-9,11-12H,10H2,1-3H3. The summed E-state index contributed by atoms with van der Waals surface area (Å²) in [5, 5.41) is 8.65. The summed E-state index contributed by atoms with van der Waals surface area (Å²) < 4.78 is 12.4. The molecule has 9 nitrogen and oxygen atoms in total. The molecule has 32 heavy (non-hydrogen) atoms. The van der Waals surface area contributed by atoms with Crippen LogP contribution in [-0.2, 0) is 23.2 Å². The van der Waals surface area contributed by atoms with Crippen LogP contribution in [0.1, 0.15) is 23.1 Å². The molecule has 4 aromatic rings. The largest absolute Gasteiger partial charge is 0.495 e. The SMILES string of the molecule is COc1ccccc1N(C(C)=O)c1nc(COC(=O)c2csc(-c3cnn(C)c3)n2)cs1. The van der Waals surface area contributed by atoms with Crippen LogP contribution in [0.5, 0.6) is 5.75 Å². The Morgan fingerprint density at radius 3 is 2.69 bits per heavy atom. The van der Waals surface area contributed by atoms with E-state index in [9.17, 15) is 9.59 Å². The quantitative estimate of drug-likeness (QED) is 0.377. The second-order valence-electron chi connectivity index (χ2n) is 6.66. The number of para-hydroxylation sites is 2. The van der Waals surface area contributed by atoms with Crippen LogP contribution in [0.3, 0.4) is 0 Å². The van der Waals surface area contributed by atoms with Gasteiger partial charge in [-0.2, -0.15) is 5.10 Å². The number of hydrogen-bond donors (Lipinski definition) is 0. The molecule has 11 heteroatoms. The number of methoxy groups -OCH3 is 1. The van der Waals surface area contributed by atoms with Gasteiger partial charge >= 0.3 is 5.97 Å². The van der Waals surface area contributed by atoms with Gasteiger partial charge in [0.15, 0.2) is 10.8 Å². The fourth-order valence-electron chi connectivity index (χ4n) is 2.93. The maximum atomic E-state index is 12.4. The van der Waals surface area contributed by atoms with Gasteiger partial charge in [0.1, 0.15) is 17.4 Å². The first-order chi connectivity index (χ1) is 15.5. The summed E-state index contributed by atoms with van der Waals surface area (Å²) >= 11 is 2.62. The van der Waals surface area contributed by atoms with Gasteiger partial charge in [-0.1, -0.05) is 12.1 Å². The molecular formula is C21H19N5O4S2. The number of aryl methyl sites for hydroxylation is 1. The van der Waals surface area contributed by atoms with E-state index in [0.29, 0.717) is 27.3 Å². The molecule has 0 radical (unpaired) electrons. The van der Waals surface area contributed by atoms with Gasteiger partial charge in [-0.05, 0) is 12.1 Å². The highest BCUT2D eigenvalue weighted by Crippen LogP contribution is 2.35. The highest BCUT2D eigenvalue weighted by molar-refractivity contribution is 7.14. The van der Waals surface area contributed by atoms with E-state index < -0.39 is 5.97 Å². The van der Waals surface area contributed by atoms with Crippen LogP contribution in [-0.4, -0.2) is 38.7 Å². The number of esters is 1. The molecule has 3 heterocycles. The first-order valence-corrected chi connectivity index (χ1v) is 11.2. The van der Waals surface area contributed by atoms with Crippen LogP contribution in [0.25, 0.3) is 10.6 Å². The Labute approximate surface area is 191 Å². The zero-order valence-electron chi connectivity index (χ0n) is 17.5. The second-order valence-corrected chi connectivity index (χ2v) is 8.36. The molecule has 0 unspecified atom stereocenters. The Balaban J connectivity index is 1.45. The Bertz CT molecular complexity index is 1260. The zero-order chi connectivity index (χ0) is 22.7. The molecule has 1 aromatic carbocycles. The Morgan fingerprint density at radius 2 is 1.97 bits per heavy atom. The molecule has 0 aliphatic heterocycles. The molecule has 0 fully saturated rings.